The van der Waals surface area contributed by atoms with Gasteiger partial charge < -0.3 is 19.1 Å². The Morgan fingerprint density at radius 2 is 2.04 bits per heavy atom. The number of carbonyl (C=O) groups is 2. The van der Waals surface area contributed by atoms with Gasteiger partial charge in [-0.2, -0.15) is 0 Å². The van der Waals surface area contributed by atoms with Gasteiger partial charge in [0.1, 0.15) is 24.1 Å². The summed E-state index contributed by atoms with van der Waals surface area (Å²) in [7, 11) is 0. The number of benzene rings is 1. The highest BCUT2D eigenvalue weighted by Gasteiger charge is 2.40. The van der Waals surface area contributed by atoms with E-state index in [1.807, 2.05) is 26.8 Å². The maximum absolute atomic E-state index is 12.4. The van der Waals surface area contributed by atoms with Gasteiger partial charge >= 0.3 is 12.1 Å². The molecular weight excluding hydrogens is 334 g/mol. The van der Waals surface area contributed by atoms with E-state index >= 15 is 0 Å². The zero-order valence-electron chi connectivity index (χ0n) is 16.1. The fourth-order valence-corrected chi connectivity index (χ4v) is 3.16. The van der Waals surface area contributed by atoms with Crippen molar-refractivity contribution in [1.82, 2.24) is 4.90 Å². The van der Waals surface area contributed by atoms with E-state index in [4.69, 9.17) is 14.2 Å². The molecule has 0 aliphatic carbocycles. The number of ether oxygens (including phenoxy) is 3. The summed E-state index contributed by atoms with van der Waals surface area (Å²) in [5.74, 6) is 0.395. The van der Waals surface area contributed by atoms with Gasteiger partial charge in [-0.1, -0.05) is 13.8 Å². The number of fused-ring (bicyclic) bond motifs is 1. The molecule has 0 aromatic heterocycles. The second kappa shape index (κ2) is 6.49. The second-order valence-corrected chi connectivity index (χ2v) is 8.67. The third-order valence-corrected chi connectivity index (χ3v) is 4.87. The van der Waals surface area contributed by atoms with Gasteiger partial charge in [0.25, 0.3) is 0 Å². The van der Waals surface area contributed by atoms with Crippen LogP contribution in [-0.2, 0) is 16.1 Å². The summed E-state index contributed by atoms with van der Waals surface area (Å²) in [5, 5.41) is 0. The number of amides is 1. The molecule has 0 unspecified atom stereocenters. The molecule has 3 rings (SSSR count). The Morgan fingerprint density at radius 1 is 1.31 bits per heavy atom. The first-order valence-electron chi connectivity index (χ1n) is 9.00. The van der Waals surface area contributed by atoms with Crippen molar-refractivity contribution >= 4 is 12.1 Å². The zero-order valence-corrected chi connectivity index (χ0v) is 16.1. The smallest absolute Gasteiger partial charge is 0.410 e. The molecule has 0 spiro atoms. The van der Waals surface area contributed by atoms with Crippen molar-refractivity contribution in [2.45, 2.75) is 59.4 Å². The predicted molar refractivity (Wildman–Crippen MR) is 96.2 cm³/mol. The number of hydrogen-bond donors (Lipinski definition) is 0. The molecule has 2 aliphatic rings. The van der Waals surface area contributed by atoms with Gasteiger partial charge in [-0.15, -0.1) is 0 Å². The lowest BCUT2D eigenvalue weighted by molar-refractivity contribution is -0.0281. The van der Waals surface area contributed by atoms with Crippen LogP contribution in [-0.4, -0.2) is 41.8 Å². The van der Waals surface area contributed by atoms with E-state index < -0.39 is 5.60 Å². The van der Waals surface area contributed by atoms with Crippen LogP contribution in [0.3, 0.4) is 0 Å². The summed E-state index contributed by atoms with van der Waals surface area (Å²) < 4.78 is 16.8. The van der Waals surface area contributed by atoms with Crippen LogP contribution < -0.4 is 4.74 Å². The van der Waals surface area contributed by atoms with E-state index in [-0.39, 0.29) is 30.2 Å². The highest BCUT2D eigenvalue weighted by Crippen LogP contribution is 2.35. The molecular formula is C20H27NO5. The first-order chi connectivity index (χ1) is 12.0. The molecule has 2 aliphatic heterocycles. The lowest BCUT2D eigenvalue weighted by Gasteiger charge is -2.43. The number of nitrogens with zero attached hydrogens (tertiary/aromatic N) is 1. The summed E-state index contributed by atoms with van der Waals surface area (Å²) in [5.41, 5.74) is 0.831. The fraction of sp³-hybridized carbons (Fsp3) is 0.600. The van der Waals surface area contributed by atoms with Gasteiger partial charge in [0, 0.05) is 17.5 Å². The second-order valence-electron chi connectivity index (χ2n) is 8.67. The Morgan fingerprint density at radius 3 is 2.73 bits per heavy atom. The van der Waals surface area contributed by atoms with Crippen LogP contribution in [0.5, 0.6) is 5.75 Å². The van der Waals surface area contributed by atoms with Crippen LogP contribution in [0.25, 0.3) is 0 Å². The lowest BCUT2D eigenvalue weighted by Crippen LogP contribution is -2.53. The molecule has 0 radical (unpaired) electrons. The topological polar surface area (TPSA) is 65.1 Å². The van der Waals surface area contributed by atoms with Gasteiger partial charge in [0.05, 0.1) is 12.1 Å². The monoisotopic (exact) mass is 361 g/mol. The average Bonchev–Trinajstić information content (AvgIpc) is 2.88. The molecule has 26 heavy (non-hydrogen) atoms. The quantitative estimate of drug-likeness (QED) is 0.750. The largest absolute Gasteiger partial charge is 0.488 e. The minimum Gasteiger partial charge on any atom is -0.488 e. The van der Waals surface area contributed by atoms with Crippen molar-refractivity contribution in [3.05, 3.63) is 29.3 Å². The summed E-state index contributed by atoms with van der Waals surface area (Å²) >= 11 is 0. The molecule has 1 atom stereocenters. The zero-order chi connectivity index (χ0) is 19.1. The molecule has 1 fully saturated rings. The Labute approximate surface area is 154 Å². The van der Waals surface area contributed by atoms with E-state index in [2.05, 4.69) is 13.8 Å². The first kappa shape index (κ1) is 18.5. The molecule has 6 heteroatoms. The van der Waals surface area contributed by atoms with Crippen LogP contribution >= 0.6 is 0 Å². The molecule has 6 nitrogen and oxygen atoms in total. The van der Waals surface area contributed by atoms with E-state index in [9.17, 15) is 9.59 Å². The third kappa shape index (κ3) is 3.94. The number of carbonyl (C=O) groups excluding carboxylic acids is 2. The Balaban J connectivity index is 1.72. The van der Waals surface area contributed by atoms with E-state index in [1.165, 1.54) is 0 Å². The standard InChI is InChI=1S/C20H27NO5/c1-19(2,3)26-18(23)21-9-8-20(4,5)16(11-21)25-14-6-7-15-13(10-14)12-24-17(15)22/h6-7,10,16H,8-9,11-12H2,1-5H3/t16-/m0/s1. The van der Waals surface area contributed by atoms with E-state index in [0.29, 0.717) is 24.4 Å². The van der Waals surface area contributed by atoms with Crippen LogP contribution in [0.1, 0.15) is 57.0 Å². The minimum atomic E-state index is -0.521. The number of hydrogen-bond acceptors (Lipinski definition) is 5. The molecule has 0 bridgehead atoms. The maximum atomic E-state index is 12.4. The van der Waals surface area contributed by atoms with Crippen LogP contribution in [0.15, 0.2) is 18.2 Å². The molecule has 1 amide bonds. The average molecular weight is 361 g/mol. The van der Waals surface area contributed by atoms with Crippen LogP contribution in [0.4, 0.5) is 4.79 Å². The number of rotatable bonds is 2. The maximum Gasteiger partial charge on any atom is 0.410 e. The molecule has 1 aromatic rings. The fourth-order valence-electron chi connectivity index (χ4n) is 3.16. The van der Waals surface area contributed by atoms with Gasteiger partial charge in [-0.05, 0) is 45.4 Å². The van der Waals surface area contributed by atoms with Crippen molar-refractivity contribution in [1.29, 1.82) is 0 Å². The van der Waals surface area contributed by atoms with Crippen molar-refractivity contribution in [2.75, 3.05) is 13.1 Å². The van der Waals surface area contributed by atoms with Gasteiger partial charge in [-0.25, -0.2) is 9.59 Å². The predicted octanol–water partition coefficient (Wildman–Crippen LogP) is 3.77. The van der Waals surface area contributed by atoms with E-state index in [0.717, 1.165) is 12.0 Å². The SMILES string of the molecule is CC(C)(C)OC(=O)N1CCC(C)(C)[C@@H](Oc2ccc3c(c2)COC3=O)C1. The number of cyclic esters (lactones) is 1. The molecule has 0 N–H and O–H groups in total. The van der Waals surface area contributed by atoms with Crippen molar-refractivity contribution < 1.29 is 23.8 Å². The van der Waals surface area contributed by atoms with Gasteiger partial charge in [0.2, 0.25) is 0 Å². The Bertz CT molecular complexity index is 719. The minimum absolute atomic E-state index is 0.0795. The molecule has 1 saturated heterocycles. The molecule has 142 valence electrons. The third-order valence-electron chi connectivity index (χ3n) is 4.87. The van der Waals surface area contributed by atoms with Crippen LogP contribution in [0.2, 0.25) is 0 Å². The first-order valence-corrected chi connectivity index (χ1v) is 9.00. The summed E-state index contributed by atoms with van der Waals surface area (Å²) in [6.07, 6.45) is 0.345. The highest BCUT2D eigenvalue weighted by molar-refractivity contribution is 5.93. The summed E-state index contributed by atoms with van der Waals surface area (Å²) in [4.78, 5) is 25.7. The van der Waals surface area contributed by atoms with Gasteiger partial charge in [-0.3, -0.25) is 0 Å². The highest BCUT2D eigenvalue weighted by atomic mass is 16.6. The normalized spacial score (nSPS) is 21.8. The van der Waals surface area contributed by atoms with Crippen LogP contribution in [0, 0.1) is 5.41 Å². The Hall–Kier alpha value is -2.24. The molecule has 0 saturated carbocycles. The van der Waals surface area contributed by atoms with Gasteiger partial charge in [0.15, 0.2) is 0 Å². The summed E-state index contributed by atoms with van der Waals surface area (Å²) in [6, 6.07) is 5.37. The molecule has 2 heterocycles. The summed E-state index contributed by atoms with van der Waals surface area (Å²) in [6.45, 7) is 11.3. The van der Waals surface area contributed by atoms with Crippen molar-refractivity contribution in [3.63, 3.8) is 0 Å². The van der Waals surface area contributed by atoms with Crippen molar-refractivity contribution in [3.8, 4) is 5.75 Å². The number of esters is 1. The molecule has 1 aromatic carbocycles. The van der Waals surface area contributed by atoms with E-state index in [1.54, 1.807) is 17.0 Å². The van der Waals surface area contributed by atoms with Crippen molar-refractivity contribution in [2.24, 2.45) is 5.41 Å². The lowest BCUT2D eigenvalue weighted by atomic mass is 9.80. The number of piperidine rings is 1. The number of likely N-dealkylation sites (tertiary alicyclic amines) is 1. The Kier molecular flexibility index (Phi) is 4.63.